The number of rotatable bonds is 7. The first kappa shape index (κ1) is 36.5. The van der Waals surface area contributed by atoms with Gasteiger partial charge in [0, 0.05) is 70.0 Å². The molecule has 3 aromatic heterocycles. The Morgan fingerprint density at radius 1 is 0.359 bits per heavy atom. The van der Waals surface area contributed by atoms with Gasteiger partial charge in [-0.25, -0.2) is 0 Å². The van der Waals surface area contributed by atoms with Crippen LogP contribution in [0.3, 0.4) is 0 Å². The molecule has 10 aromatic carbocycles. The monoisotopic (exact) mass is 834 g/mol. The van der Waals surface area contributed by atoms with Crippen molar-refractivity contribution in [2.45, 2.75) is 0 Å². The number of hydrogen-bond donors (Lipinski definition) is 0. The zero-order valence-electron chi connectivity index (χ0n) is 34.7. The van der Waals surface area contributed by atoms with Gasteiger partial charge in [0.15, 0.2) is 0 Å². The lowest BCUT2D eigenvalue weighted by Crippen LogP contribution is -2.09. The lowest BCUT2D eigenvalue weighted by Gasteiger charge is -2.26. The van der Waals surface area contributed by atoms with Crippen LogP contribution in [0.25, 0.3) is 103 Å². The highest BCUT2D eigenvalue weighted by Crippen LogP contribution is 2.43. The summed E-state index contributed by atoms with van der Waals surface area (Å²) in [6.45, 7) is 0. The topological polar surface area (TPSA) is 21.3 Å². The molecule has 300 valence electrons. The van der Waals surface area contributed by atoms with Gasteiger partial charge in [-0.2, -0.15) is 0 Å². The van der Waals surface area contributed by atoms with Crippen molar-refractivity contribution in [3.05, 3.63) is 231 Å². The highest BCUT2D eigenvalue weighted by Gasteiger charge is 2.18. The van der Waals surface area contributed by atoms with E-state index in [1.807, 2.05) is 23.5 Å². The van der Waals surface area contributed by atoms with Gasteiger partial charge in [0.05, 0.1) is 11.0 Å². The Balaban J connectivity index is 0.901. The number of aromatic nitrogens is 1. The molecule has 0 N–H and O–H groups in total. The molecule has 0 amide bonds. The lowest BCUT2D eigenvalue weighted by atomic mass is 10.0. The Bertz CT molecular complexity index is 3720. The van der Waals surface area contributed by atoms with Crippen LogP contribution >= 0.6 is 11.3 Å². The Labute approximate surface area is 373 Å². The Kier molecular flexibility index (Phi) is 8.40. The SMILES string of the molecule is c1ccc(-n2c3ccccc3c3cc(-c4ccc(N(c5ccc(-c6cccc7c6oc6ccccc67)cc5)c5ccc(-c6cccc7c6sc6ccccc67)cc5)cc4)ccc32)cc1. The summed E-state index contributed by atoms with van der Waals surface area (Å²) >= 11 is 1.87. The van der Waals surface area contributed by atoms with Crippen molar-refractivity contribution in [1.29, 1.82) is 0 Å². The molecule has 13 rings (SSSR count). The molecule has 0 aliphatic carbocycles. The maximum atomic E-state index is 6.45. The van der Waals surface area contributed by atoms with Gasteiger partial charge >= 0.3 is 0 Å². The molecule has 0 bridgehead atoms. The molecule has 0 saturated carbocycles. The van der Waals surface area contributed by atoms with Crippen LogP contribution in [0.15, 0.2) is 235 Å². The summed E-state index contributed by atoms with van der Waals surface area (Å²) in [6.07, 6.45) is 0. The van der Waals surface area contributed by atoms with E-state index >= 15 is 0 Å². The minimum absolute atomic E-state index is 0.905. The van der Waals surface area contributed by atoms with E-state index in [4.69, 9.17) is 4.42 Å². The van der Waals surface area contributed by atoms with Crippen LogP contribution in [0, 0.1) is 0 Å². The van der Waals surface area contributed by atoms with Crippen molar-refractivity contribution in [1.82, 2.24) is 4.57 Å². The number of nitrogens with zero attached hydrogens (tertiary/aromatic N) is 2. The molecular formula is C60H38N2OS. The van der Waals surface area contributed by atoms with Gasteiger partial charge in [-0.3, -0.25) is 0 Å². The third-order valence-corrected chi connectivity index (χ3v) is 14.0. The van der Waals surface area contributed by atoms with E-state index in [9.17, 15) is 0 Å². The average Bonchev–Trinajstić information content (AvgIpc) is 4.05. The van der Waals surface area contributed by atoms with Crippen LogP contribution < -0.4 is 4.90 Å². The van der Waals surface area contributed by atoms with Gasteiger partial charge in [-0.05, 0) is 107 Å². The second-order valence-electron chi connectivity index (χ2n) is 16.5. The minimum Gasteiger partial charge on any atom is -0.455 e. The predicted octanol–water partition coefficient (Wildman–Crippen LogP) is 17.5. The molecule has 64 heavy (non-hydrogen) atoms. The summed E-state index contributed by atoms with van der Waals surface area (Å²) in [6, 6.07) is 83.3. The molecular weight excluding hydrogens is 797 g/mol. The fraction of sp³-hybridized carbons (Fsp3) is 0. The van der Waals surface area contributed by atoms with Gasteiger partial charge in [0.25, 0.3) is 0 Å². The number of thiophene rings is 1. The maximum absolute atomic E-state index is 6.45. The number of hydrogen-bond acceptors (Lipinski definition) is 3. The summed E-state index contributed by atoms with van der Waals surface area (Å²) in [5.41, 5.74) is 15.6. The molecule has 3 nitrogen and oxygen atoms in total. The fourth-order valence-corrected chi connectivity index (χ4v) is 11.0. The molecule has 0 atom stereocenters. The van der Waals surface area contributed by atoms with Crippen LogP contribution in [0.2, 0.25) is 0 Å². The van der Waals surface area contributed by atoms with Gasteiger partial charge in [-0.1, -0.05) is 152 Å². The summed E-state index contributed by atoms with van der Waals surface area (Å²) in [7, 11) is 0. The first-order chi connectivity index (χ1) is 31.7. The highest BCUT2D eigenvalue weighted by atomic mass is 32.1. The van der Waals surface area contributed by atoms with Crippen molar-refractivity contribution in [3.8, 4) is 39.1 Å². The Morgan fingerprint density at radius 3 is 1.66 bits per heavy atom. The van der Waals surface area contributed by atoms with Crippen molar-refractivity contribution < 1.29 is 4.42 Å². The quantitative estimate of drug-likeness (QED) is 0.159. The highest BCUT2D eigenvalue weighted by molar-refractivity contribution is 7.26. The summed E-state index contributed by atoms with van der Waals surface area (Å²) in [5, 5.41) is 7.38. The van der Waals surface area contributed by atoms with E-state index < -0.39 is 0 Å². The van der Waals surface area contributed by atoms with Crippen molar-refractivity contribution in [3.63, 3.8) is 0 Å². The molecule has 0 aliphatic heterocycles. The predicted molar refractivity (Wildman–Crippen MR) is 272 cm³/mol. The second-order valence-corrected chi connectivity index (χ2v) is 17.5. The smallest absolute Gasteiger partial charge is 0.143 e. The van der Waals surface area contributed by atoms with E-state index in [1.165, 1.54) is 64.2 Å². The molecule has 13 aromatic rings. The molecule has 0 spiro atoms. The minimum atomic E-state index is 0.905. The van der Waals surface area contributed by atoms with Gasteiger partial charge in [0.2, 0.25) is 0 Å². The molecule has 0 aliphatic rings. The van der Waals surface area contributed by atoms with E-state index in [0.717, 1.165) is 55.8 Å². The van der Waals surface area contributed by atoms with Crippen molar-refractivity contribution in [2.24, 2.45) is 0 Å². The average molecular weight is 835 g/mol. The first-order valence-electron chi connectivity index (χ1n) is 21.7. The van der Waals surface area contributed by atoms with Crippen LogP contribution in [0.4, 0.5) is 17.1 Å². The summed E-state index contributed by atoms with van der Waals surface area (Å²) < 4.78 is 11.5. The van der Waals surface area contributed by atoms with E-state index in [-0.39, 0.29) is 0 Å². The number of fused-ring (bicyclic) bond motifs is 9. The van der Waals surface area contributed by atoms with Crippen molar-refractivity contribution in [2.75, 3.05) is 4.90 Å². The number of furan rings is 1. The number of benzene rings is 10. The maximum Gasteiger partial charge on any atom is 0.143 e. The second kappa shape index (κ2) is 14.7. The van der Waals surface area contributed by atoms with E-state index in [2.05, 4.69) is 228 Å². The zero-order valence-corrected chi connectivity index (χ0v) is 35.5. The van der Waals surface area contributed by atoms with Crippen LogP contribution in [-0.4, -0.2) is 4.57 Å². The summed E-state index contributed by atoms with van der Waals surface area (Å²) in [5.74, 6) is 0. The lowest BCUT2D eigenvalue weighted by molar-refractivity contribution is 0.670. The van der Waals surface area contributed by atoms with Gasteiger partial charge in [-0.15, -0.1) is 11.3 Å². The largest absolute Gasteiger partial charge is 0.455 e. The summed E-state index contributed by atoms with van der Waals surface area (Å²) in [4.78, 5) is 2.36. The molecule has 0 radical (unpaired) electrons. The van der Waals surface area contributed by atoms with Gasteiger partial charge in [0.1, 0.15) is 11.2 Å². The van der Waals surface area contributed by atoms with E-state index in [0.29, 0.717) is 0 Å². The van der Waals surface area contributed by atoms with Crippen LogP contribution in [0.1, 0.15) is 0 Å². The molecule has 4 heteroatoms. The van der Waals surface area contributed by atoms with Crippen LogP contribution in [0.5, 0.6) is 0 Å². The fourth-order valence-electron chi connectivity index (χ4n) is 9.79. The van der Waals surface area contributed by atoms with Crippen LogP contribution in [-0.2, 0) is 0 Å². The zero-order chi connectivity index (χ0) is 42.1. The first-order valence-corrected chi connectivity index (χ1v) is 22.6. The number of anilines is 3. The van der Waals surface area contributed by atoms with E-state index in [1.54, 1.807) is 0 Å². The molecule has 0 saturated heterocycles. The molecule has 0 unspecified atom stereocenters. The third kappa shape index (κ3) is 5.88. The Hall–Kier alpha value is -8.18. The Morgan fingerprint density at radius 2 is 0.906 bits per heavy atom. The van der Waals surface area contributed by atoms with Gasteiger partial charge < -0.3 is 13.9 Å². The van der Waals surface area contributed by atoms with Crippen molar-refractivity contribution >= 4 is 92.3 Å². The normalized spacial score (nSPS) is 11.8. The third-order valence-electron chi connectivity index (χ3n) is 12.8. The molecule has 0 fully saturated rings. The molecule has 3 heterocycles. The standard InChI is InChI=1S/C60H38N2OS/c1-2-12-43(13-3-1)62-55-21-7-4-14-49(55)54-38-42(30-37-56(54)62)39-24-31-44(32-25-39)61(45-33-26-40(27-34-45)47-17-10-19-52-50-15-5-8-22-57(50)63-59(47)52)46-35-28-41(29-36-46)48-18-11-20-53-51-16-6-9-23-58(51)64-60(48)53/h1-38H. The number of para-hydroxylation sites is 4.